The van der Waals surface area contributed by atoms with Crippen molar-refractivity contribution in [3.63, 3.8) is 0 Å². The Hall–Kier alpha value is -2.48. The molecule has 24 heavy (non-hydrogen) atoms. The Balaban J connectivity index is 2.27. The summed E-state index contributed by atoms with van der Waals surface area (Å²) >= 11 is 5.70. The first-order chi connectivity index (χ1) is 11.3. The van der Waals surface area contributed by atoms with Crippen LogP contribution < -0.4 is 14.8 Å². The Bertz CT molecular complexity index is 771. The number of carbonyl (C=O) groups is 1. The third-order valence-electron chi connectivity index (χ3n) is 2.89. The Morgan fingerprint density at radius 1 is 1.12 bits per heavy atom. The molecule has 4 nitrogen and oxygen atoms in total. The van der Waals surface area contributed by atoms with Gasteiger partial charge in [-0.15, -0.1) is 0 Å². The molecule has 0 heterocycles. The summed E-state index contributed by atoms with van der Waals surface area (Å²) in [5.74, 6) is -3.58. The lowest BCUT2D eigenvalue weighted by atomic mass is 10.2. The molecule has 0 saturated heterocycles. The molecule has 2 rings (SSSR count). The first-order valence-corrected chi connectivity index (χ1v) is 6.78. The molecule has 0 spiro atoms. The van der Waals surface area contributed by atoms with E-state index in [1.165, 1.54) is 19.2 Å². The molecule has 0 aliphatic rings. The van der Waals surface area contributed by atoms with E-state index in [1.807, 2.05) is 0 Å². The number of rotatable bonds is 5. The van der Waals surface area contributed by atoms with Crippen LogP contribution in [0.15, 0.2) is 30.3 Å². The minimum absolute atomic E-state index is 0.0270. The first-order valence-electron chi connectivity index (χ1n) is 6.40. The van der Waals surface area contributed by atoms with Gasteiger partial charge in [-0.1, -0.05) is 11.6 Å². The summed E-state index contributed by atoms with van der Waals surface area (Å²) in [7, 11) is 1.26. The lowest BCUT2D eigenvalue weighted by Gasteiger charge is -2.12. The van der Waals surface area contributed by atoms with Crippen molar-refractivity contribution in [2.45, 2.75) is 6.61 Å². The van der Waals surface area contributed by atoms with E-state index < -0.39 is 24.2 Å². The van der Waals surface area contributed by atoms with Crippen molar-refractivity contribution in [2.24, 2.45) is 0 Å². The van der Waals surface area contributed by atoms with Gasteiger partial charge in [0.25, 0.3) is 5.91 Å². The number of alkyl halides is 2. The zero-order valence-electron chi connectivity index (χ0n) is 12.1. The van der Waals surface area contributed by atoms with Crippen molar-refractivity contribution in [2.75, 3.05) is 12.4 Å². The summed E-state index contributed by atoms with van der Waals surface area (Å²) in [5.41, 5.74) is -0.250. The van der Waals surface area contributed by atoms with Gasteiger partial charge < -0.3 is 14.8 Å². The van der Waals surface area contributed by atoms with Crippen molar-refractivity contribution in [1.29, 1.82) is 0 Å². The maximum atomic E-state index is 13.2. The Morgan fingerprint density at radius 2 is 1.79 bits per heavy atom. The monoisotopic (exact) mass is 363 g/mol. The van der Waals surface area contributed by atoms with Gasteiger partial charge in [0.2, 0.25) is 0 Å². The van der Waals surface area contributed by atoms with Gasteiger partial charge in [0.1, 0.15) is 0 Å². The lowest BCUT2D eigenvalue weighted by Crippen LogP contribution is -2.13. The molecule has 0 fully saturated rings. The van der Waals surface area contributed by atoms with Gasteiger partial charge in [0.05, 0.1) is 17.7 Å². The van der Waals surface area contributed by atoms with E-state index in [1.54, 1.807) is 0 Å². The van der Waals surface area contributed by atoms with Gasteiger partial charge in [0.15, 0.2) is 23.1 Å². The normalized spacial score (nSPS) is 10.6. The summed E-state index contributed by atoms with van der Waals surface area (Å²) < 4.78 is 60.1. The second-order valence-corrected chi connectivity index (χ2v) is 4.85. The molecule has 9 heteroatoms. The fraction of sp³-hybridized carbons (Fsp3) is 0.133. The molecule has 0 saturated carbocycles. The highest BCUT2D eigenvalue weighted by molar-refractivity contribution is 6.34. The van der Waals surface area contributed by atoms with Crippen LogP contribution in [-0.2, 0) is 0 Å². The van der Waals surface area contributed by atoms with Crippen LogP contribution in [0.3, 0.4) is 0 Å². The summed E-state index contributed by atoms with van der Waals surface area (Å²) in [6.45, 7) is -3.09. The van der Waals surface area contributed by atoms with Gasteiger partial charge in [-0.2, -0.15) is 8.78 Å². The van der Waals surface area contributed by atoms with Crippen LogP contribution in [0.25, 0.3) is 0 Å². The van der Waals surface area contributed by atoms with Crippen molar-refractivity contribution in [3.05, 3.63) is 52.6 Å². The largest absolute Gasteiger partial charge is 0.493 e. The molecule has 0 bridgehead atoms. The third-order valence-corrected chi connectivity index (χ3v) is 3.20. The van der Waals surface area contributed by atoms with Gasteiger partial charge in [-0.05, 0) is 24.3 Å². The van der Waals surface area contributed by atoms with Gasteiger partial charge in [0, 0.05) is 11.8 Å². The van der Waals surface area contributed by atoms with E-state index in [0.717, 1.165) is 6.07 Å². The maximum Gasteiger partial charge on any atom is 0.387 e. The number of nitrogens with one attached hydrogen (secondary N) is 1. The molecule has 0 aliphatic heterocycles. The van der Waals surface area contributed by atoms with Crippen LogP contribution >= 0.6 is 11.6 Å². The van der Waals surface area contributed by atoms with E-state index in [2.05, 4.69) is 10.1 Å². The molecule has 0 radical (unpaired) electrons. The van der Waals surface area contributed by atoms with Crippen molar-refractivity contribution in [3.8, 4) is 11.5 Å². The number of carbonyl (C=O) groups excluding carboxylic acids is 1. The van der Waals surface area contributed by atoms with Crippen LogP contribution in [0, 0.1) is 11.6 Å². The topological polar surface area (TPSA) is 47.6 Å². The quantitative estimate of drug-likeness (QED) is 0.629. The van der Waals surface area contributed by atoms with Crippen LogP contribution in [0.4, 0.5) is 23.2 Å². The molecule has 0 aromatic heterocycles. The average Bonchev–Trinajstić information content (AvgIpc) is 2.50. The molecular formula is C15H10ClF4NO3. The van der Waals surface area contributed by atoms with Crippen LogP contribution in [-0.4, -0.2) is 19.6 Å². The molecular weight excluding hydrogens is 354 g/mol. The number of hydrogen-bond donors (Lipinski definition) is 1. The molecule has 2 aromatic rings. The maximum absolute atomic E-state index is 13.2. The summed E-state index contributed by atoms with van der Waals surface area (Å²) in [6.07, 6.45) is 0. The van der Waals surface area contributed by atoms with Crippen molar-refractivity contribution in [1.82, 2.24) is 0 Å². The van der Waals surface area contributed by atoms with Crippen LogP contribution in [0.1, 0.15) is 10.4 Å². The Morgan fingerprint density at radius 3 is 2.42 bits per heavy atom. The van der Waals surface area contributed by atoms with E-state index >= 15 is 0 Å². The lowest BCUT2D eigenvalue weighted by molar-refractivity contribution is -0.0511. The standard InChI is InChI=1S/C15H10ClF4NO3/c1-23-12-3-2-7(4-13(12)24-15(19)20)21-14(22)8-5-10(17)11(18)6-9(8)16/h2-6,15H,1H3,(H,21,22). The van der Waals surface area contributed by atoms with Crippen LogP contribution in [0.2, 0.25) is 5.02 Å². The van der Waals surface area contributed by atoms with E-state index in [-0.39, 0.29) is 27.8 Å². The number of halogens is 5. The summed E-state index contributed by atoms with van der Waals surface area (Å²) in [5, 5.41) is 2.02. The zero-order chi connectivity index (χ0) is 17.9. The fourth-order valence-electron chi connectivity index (χ4n) is 1.84. The smallest absolute Gasteiger partial charge is 0.387 e. The van der Waals surface area contributed by atoms with E-state index in [4.69, 9.17) is 16.3 Å². The molecule has 2 aromatic carbocycles. The molecule has 0 unspecified atom stereocenters. The highest BCUT2D eigenvalue weighted by atomic mass is 35.5. The second-order valence-electron chi connectivity index (χ2n) is 4.44. The van der Waals surface area contributed by atoms with Gasteiger partial charge in [-0.3, -0.25) is 4.79 Å². The fourth-order valence-corrected chi connectivity index (χ4v) is 2.07. The van der Waals surface area contributed by atoms with E-state index in [0.29, 0.717) is 12.1 Å². The van der Waals surface area contributed by atoms with Crippen molar-refractivity contribution < 1.29 is 31.8 Å². The number of ether oxygens (including phenoxy) is 2. The highest BCUT2D eigenvalue weighted by Crippen LogP contribution is 2.32. The minimum Gasteiger partial charge on any atom is -0.493 e. The van der Waals surface area contributed by atoms with Crippen LogP contribution in [0.5, 0.6) is 11.5 Å². The number of benzene rings is 2. The highest BCUT2D eigenvalue weighted by Gasteiger charge is 2.17. The molecule has 128 valence electrons. The molecule has 0 atom stereocenters. The predicted octanol–water partition coefficient (Wildman–Crippen LogP) is 4.48. The Kier molecular flexibility index (Phi) is 5.50. The molecule has 1 amide bonds. The third kappa shape index (κ3) is 4.08. The molecule has 0 aliphatic carbocycles. The summed E-state index contributed by atoms with van der Waals surface area (Å²) in [6, 6.07) is 5.03. The first kappa shape index (κ1) is 17.9. The molecule has 1 N–H and O–H groups in total. The number of hydrogen-bond acceptors (Lipinski definition) is 3. The van der Waals surface area contributed by atoms with Gasteiger partial charge >= 0.3 is 6.61 Å². The Labute approximate surface area is 138 Å². The number of methoxy groups -OCH3 is 1. The predicted molar refractivity (Wildman–Crippen MR) is 78.9 cm³/mol. The average molecular weight is 364 g/mol. The second kappa shape index (κ2) is 7.39. The SMILES string of the molecule is COc1ccc(NC(=O)c2cc(F)c(F)cc2Cl)cc1OC(F)F. The minimum atomic E-state index is -3.09. The number of anilines is 1. The van der Waals surface area contributed by atoms with E-state index in [9.17, 15) is 22.4 Å². The van der Waals surface area contributed by atoms with Gasteiger partial charge in [-0.25, -0.2) is 8.78 Å². The summed E-state index contributed by atoms with van der Waals surface area (Å²) in [4.78, 5) is 12.1. The zero-order valence-corrected chi connectivity index (χ0v) is 12.8. The van der Waals surface area contributed by atoms with Crippen molar-refractivity contribution >= 4 is 23.2 Å². The number of amides is 1.